The first-order valence-electron chi connectivity index (χ1n) is 6.42. The number of carboxylic acids is 1. The van der Waals surface area contributed by atoms with Gasteiger partial charge in [0.25, 0.3) is 0 Å². The van der Waals surface area contributed by atoms with Crippen LogP contribution in [0.2, 0.25) is 5.02 Å². The Morgan fingerprint density at radius 3 is 2.63 bits per heavy atom. The molecule has 0 saturated heterocycles. The summed E-state index contributed by atoms with van der Waals surface area (Å²) < 4.78 is 2.14. The van der Waals surface area contributed by atoms with Crippen LogP contribution in [0, 0.1) is 5.92 Å². The van der Waals surface area contributed by atoms with Crippen molar-refractivity contribution in [2.24, 2.45) is 5.92 Å². The van der Waals surface area contributed by atoms with Crippen LogP contribution >= 0.6 is 11.6 Å². The van der Waals surface area contributed by atoms with Gasteiger partial charge in [-0.1, -0.05) is 24.6 Å². The lowest BCUT2D eigenvalue weighted by molar-refractivity contribution is -0.141. The van der Waals surface area contributed by atoms with Crippen LogP contribution in [0.5, 0.6) is 0 Å². The van der Waals surface area contributed by atoms with E-state index in [1.54, 1.807) is 6.92 Å². The predicted molar refractivity (Wildman–Crippen MR) is 77.8 cm³/mol. The van der Waals surface area contributed by atoms with Crippen LogP contribution < -0.4 is 0 Å². The number of benzene rings is 1. The molecule has 1 unspecified atom stereocenters. The molecule has 1 N–H and O–H groups in total. The van der Waals surface area contributed by atoms with Gasteiger partial charge in [-0.05, 0) is 38.0 Å². The predicted octanol–water partition coefficient (Wildman–Crippen LogP) is 4.14. The van der Waals surface area contributed by atoms with E-state index in [1.165, 1.54) is 0 Å². The molecule has 1 aromatic carbocycles. The van der Waals surface area contributed by atoms with E-state index < -0.39 is 5.97 Å². The molecular formula is C15H18ClNO2. The molecule has 0 aliphatic heterocycles. The zero-order valence-electron chi connectivity index (χ0n) is 11.4. The Kier molecular flexibility index (Phi) is 3.85. The van der Waals surface area contributed by atoms with Gasteiger partial charge in [0.15, 0.2) is 0 Å². The third-order valence-corrected chi connectivity index (χ3v) is 3.62. The zero-order valence-corrected chi connectivity index (χ0v) is 12.1. The molecule has 1 heterocycles. The van der Waals surface area contributed by atoms with Crippen LogP contribution in [0.1, 0.15) is 32.4 Å². The van der Waals surface area contributed by atoms with Gasteiger partial charge in [-0.25, -0.2) is 0 Å². The van der Waals surface area contributed by atoms with E-state index in [2.05, 4.69) is 18.4 Å². The maximum atomic E-state index is 11.0. The minimum atomic E-state index is -0.764. The number of carbonyl (C=O) groups is 1. The quantitative estimate of drug-likeness (QED) is 0.914. The monoisotopic (exact) mass is 279 g/mol. The standard InChI is InChI=1S/C15H18ClNO2/c1-9(2)17-8-11(6-10(3)15(18)19)13-5-4-12(16)7-14(13)17/h4-5,7-10H,6H2,1-3H3,(H,18,19). The highest BCUT2D eigenvalue weighted by Crippen LogP contribution is 2.29. The van der Waals surface area contributed by atoms with Crippen LogP contribution in [-0.2, 0) is 11.2 Å². The number of hydrogen-bond acceptors (Lipinski definition) is 1. The number of halogens is 1. The largest absolute Gasteiger partial charge is 0.481 e. The molecule has 2 rings (SSSR count). The second-order valence-corrected chi connectivity index (χ2v) is 5.70. The molecule has 3 nitrogen and oxygen atoms in total. The van der Waals surface area contributed by atoms with E-state index in [9.17, 15) is 4.79 Å². The van der Waals surface area contributed by atoms with Gasteiger partial charge in [0.05, 0.1) is 11.4 Å². The lowest BCUT2D eigenvalue weighted by atomic mass is 10.0. The number of fused-ring (bicyclic) bond motifs is 1. The van der Waals surface area contributed by atoms with Crippen LogP contribution in [0.4, 0.5) is 0 Å². The first kappa shape index (κ1) is 13.9. The third-order valence-electron chi connectivity index (χ3n) is 3.38. The highest BCUT2D eigenvalue weighted by atomic mass is 35.5. The van der Waals surface area contributed by atoms with Gasteiger partial charge in [0.2, 0.25) is 0 Å². The third kappa shape index (κ3) is 2.76. The summed E-state index contributed by atoms with van der Waals surface area (Å²) >= 11 is 6.05. The maximum absolute atomic E-state index is 11.0. The molecular weight excluding hydrogens is 262 g/mol. The fraction of sp³-hybridized carbons (Fsp3) is 0.400. The van der Waals surface area contributed by atoms with Gasteiger partial charge in [-0.2, -0.15) is 0 Å². The highest BCUT2D eigenvalue weighted by Gasteiger charge is 2.17. The highest BCUT2D eigenvalue weighted by molar-refractivity contribution is 6.31. The Labute approximate surface area is 117 Å². The Hall–Kier alpha value is -1.48. The molecule has 0 radical (unpaired) electrons. The summed E-state index contributed by atoms with van der Waals surface area (Å²) in [6, 6.07) is 6.07. The summed E-state index contributed by atoms with van der Waals surface area (Å²) in [5.41, 5.74) is 2.13. The Morgan fingerprint density at radius 1 is 1.37 bits per heavy atom. The van der Waals surface area contributed by atoms with E-state index >= 15 is 0 Å². The number of nitrogens with zero attached hydrogens (tertiary/aromatic N) is 1. The fourth-order valence-corrected chi connectivity index (χ4v) is 2.47. The average molecular weight is 280 g/mol. The van der Waals surface area contributed by atoms with E-state index in [-0.39, 0.29) is 5.92 Å². The summed E-state index contributed by atoms with van der Waals surface area (Å²) in [5, 5.41) is 10.8. The molecule has 0 bridgehead atoms. The van der Waals surface area contributed by atoms with Crippen molar-refractivity contribution in [2.45, 2.75) is 33.2 Å². The van der Waals surface area contributed by atoms with Crippen LogP contribution in [0.3, 0.4) is 0 Å². The second kappa shape index (κ2) is 5.25. The molecule has 2 aromatic rings. The molecule has 0 saturated carbocycles. The molecule has 0 aliphatic rings. The molecule has 0 fully saturated rings. The minimum absolute atomic E-state index is 0.315. The average Bonchev–Trinajstić information content (AvgIpc) is 2.67. The lowest BCUT2D eigenvalue weighted by Gasteiger charge is -2.08. The minimum Gasteiger partial charge on any atom is -0.481 e. The van der Waals surface area contributed by atoms with Crippen molar-refractivity contribution < 1.29 is 9.90 Å². The number of aliphatic carboxylic acids is 1. The summed E-state index contributed by atoms with van der Waals surface area (Å²) in [6.45, 7) is 5.94. The fourth-order valence-electron chi connectivity index (χ4n) is 2.30. The first-order chi connectivity index (χ1) is 8.90. The van der Waals surface area contributed by atoms with Gasteiger partial charge in [0.1, 0.15) is 0 Å². The Morgan fingerprint density at radius 2 is 2.05 bits per heavy atom. The van der Waals surface area contributed by atoms with E-state index in [0.717, 1.165) is 16.5 Å². The van der Waals surface area contributed by atoms with E-state index in [0.29, 0.717) is 17.5 Å². The van der Waals surface area contributed by atoms with Gasteiger partial charge >= 0.3 is 5.97 Å². The van der Waals surface area contributed by atoms with Crippen molar-refractivity contribution in [1.29, 1.82) is 0 Å². The van der Waals surface area contributed by atoms with Crippen LogP contribution in [-0.4, -0.2) is 15.6 Å². The van der Waals surface area contributed by atoms with Crippen LogP contribution in [0.15, 0.2) is 24.4 Å². The van der Waals surface area contributed by atoms with Gasteiger partial charge in [-0.15, -0.1) is 0 Å². The summed E-state index contributed by atoms with van der Waals surface area (Å²) in [4.78, 5) is 11.0. The SMILES string of the molecule is CC(Cc1cn(C(C)C)c2cc(Cl)ccc12)C(=O)O. The van der Waals surface area contributed by atoms with Crippen molar-refractivity contribution >= 4 is 28.5 Å². The molecule has 0 aliphatic carbocycles. The normalized spacial score (nSPS) is 13.1. The molecule has 102 valence electrons. The van der Waals surface area contributed by atoms with Crippen molar-refractivity contribution in [1.82, 2.24) is 4.57 Å². The van der Waals surface area contributed by atoms with Crippen molar-refractivity contribution in [3.05, 3.63) is 35.0 Å². The van der Waals surface area contributed by atoms with Gasteiger partial charge in [0, 0.05) is 22.6 Å². The molecule has 19 heavy (non-hydrogen) atoms. The smallest absolute Gasteiger partial charge is 0.306 e. The van der Waals surface area contributed by atoms with Gasteiger partial charge in [-0.3, -0.25) is 4.79 Å². The lowest BCUT2D eigenvalue weighted by Crippen LogP contribution is -2.12. The number of aromatic nitrogens is 1. The van der Waals surface area contributed by atoms with Crippen molar-refractivity contribution in [2.75, 3.05) is 0 Å². The molecule has 4 heteroatoms. The maximum Gasteiger partial charge on any atom is 0.306 e. The van der Waals surface area contributed by atoms with Gasteiger partial charge < -0.3 is 9.67 Å². The molecule has 0 spiro atoms. The first-order valence-corrected chi connectivity index (χ1v) is 6.79. The Balaban J connectivity index is 2.53. The summed E-state index contributed by atoms with van der Waals surface area (Å²) in [7, 11) is 0. The number of rotatable bonds is 4. The topological polar surface area (TPSA) is 42.2 Å². The van der Waals surface area contributed by atoms with Crippen LogP contribution in [0.25, 0.3) is 10.9 Å². The van der Waals surface area contributed by atoms with E-state index in [4.69, 9.17) is 16.7 Å². The number of carboxylic acid groups (broad SMARTS) is 1. The zero-order chi connectivity index (χ0) is 14.2. The molecule has 0 amide bonds. The molecule has 1 aromatic heterocycles. The van der Waals surface area contributed by atoms with Crippen molar-refractivity contribution in [3.8, 4) is 0 Å². The second-order valence-electron chi connectivity index (χ2n) is 5.26. The Bertz CT molecular complexity index is 616. The summed E-state index contributed by atoms with van der Waals surface area (Å²) in [6.07, 6.45) is 2.58. The molecule has 1 atom stereocenters. The van der Waals surface area contributed by atoms with E-state index in [1.807, 2.05) is 24.4 Å². The summed E-state index contributed by atoms with van der Waals surface area (Å²) in [5.74, 6) is -1.15. The number of hydrogen-bond donors (Lipinski definition) is 1. The van der Waals surface area contributed by atoms with Crippen molar-refractivity contribution in [3.63, 3.8) is 0 Å².